The molecule has 0 unspecified atom stereocenters. The Morgan fingerprint density at radius 1 is 1.11 bits per heavy atom. The predicted molar refractivity (Wildman–Crippen MR) is 66.9 cm³/mol. The number of hydrogen-bond acceptors (Lipinski definition) is 3. The summed E-state index contributed by atoms with van der Waals surface area (Å²) in [5.74, 6) is -0.999. The molecule has 4 N–H and O–H groups in total. The van der Waals surface area contributed by atoms with Crippen LogP contribution >= 0.6 is 0 Å². The molecule has 0 saturated heterocycles. The first-order valence-corrected chi connectivity index (χ1v) is 6.84. The van der Waals surface area contributed by atoms with Gasteiger partial charge < -0.3 is 16.2 Å². The lowest BCUT2D eigenvalue weighted by Gasteiger charge is -2.30. The van der Waals surface area contributed by atoms with Crippen LogP contribution in [0.2, 0.25) is 0 Å². The van der Waals surface area contributed by atoms with Crippen LogP contribution < -0.4 is 11.1 Å². The van der Waals surface area contributed by atoms with Gasteiger partial charge in [-0.2, -0.15) is 0 Å². The Bertz CT molecular complexity index is 329. The van der Waals surface area contributed by atoms with Gasteiger partial charge in [-0.1, -0.05) is 12.8 Å². The molecule has 0 spiro atoms. The Morgan fingerprint density at radius 3 is 2.17 bits per heavy atom. The van der Waals surface area contributed by atoms with E-state index in [1.165, 1.54) is 0 Å². The average molecular weight is 254 g/mol. The van der Waals surface area contributed by atoms with E-state index in [9.17, 15) is 9.59 Å². The summed E-state index contributed by atoms with van der Waals surface area (Å²) in [7, 11) is 0. The predicted octanol–water partition coefficient (Wildman–Crippen LogP) is 1.02. The smallest absolute Gasteiger partial charge is 0.306 e. The Hall–Kier alpha value is -1.10. The van der Waals surface area contributed by atoms with Gasteiger partial charge in [0.2, 0.25) is 5.91 Å². The first-order chi connectivity index (χ1) is 8.51. The zero-order valence-electron chi connectivity index (χ0n) is 10.7. The van der Waals surface area contributed by atoms with Crippen molar-refractivity contribution in [2.24, 2.45) is 11.7 Å². The number of hydrogen-bond donors (Lipinski definition) is 3. The molecule has 2 aliphatic rings. The van der Waals surface area contributed by atoms with Gasteiger partial charge in [0.25, 0.3) is 0 Å². The molecule has 102 valence electrons. The molecule has 0 radical (unpaired) electrons. The van der Waals surface area contributed by atoms with Gasteiger partial charge in [0.1, 0.15) is 0 Å². The standard InChI is InChI=1S/C13H22N2O3/c14-13(7-1-2-8-13)12(18)15-10-5-3-9(4-6-10)11(16)17/h9-10H,1-8,14H2,(H,15,18)(H,16,17). The number of nitrogens with one attached hydrogen (secondary N) is 1. The molecule has 5 nitrogen and oxygen atoms in total. The molecular formula is C13H22N2O3. The van der Waals surface area contributed by atoms with E-state index in [-0.39, 0.29) is 17.9 Å². The average Bonchev–Trinajstić information content (AvgIpc) is 2.78. The van der Waals surface area contributed by atoms with Gasteiger partial charge in [0.15, 0.2) is 0 Å². The molecule has 0 bridgehead atoms. The highest BCUT2D eigenvalue weighted by Gasteiger charge is 2.38. The second kappa shape index (κ2) is 5.26. The molecule has 2 saturated carbocycles. The maximum atomic E-state index is 12.1. The van der Waals surface area contributed by atoms with Crippen molar-refractivity contribution in [1.82, 2.24) is 5.32 Å². The molecule has 0 aromatic rings. The van der Waals surface area contributed by atoms with E-state index in [1.54, 1.807) is 0 Å². The van der Waals surface area contributed by atoms with Crippen LogP contribution in [-0.4, -0.2) is 28.6 Å². The van der Waals surface area contributed by atoms with Crippen LogP contribution in [0.4, 0.5) is 0 Å². The molecule has 18 heavy (non-hydrogen) atoms. The lowest BCUT2D eigenvalue weighted by molar-refractivity contribution is -0.142. The summed E-state index contributed by atoms with van der Waals surface area (Å²) in [6.07, 6.45) is 6.38. The molecular weight excluding hydrogens is 232 g/mol. The summed E-state index contributed by atoms with van der Waals surface area (Å²) in [6.45, 7) is 0. The largest absolute Gasteiger partial charge is 0.481 e. The number of rotatable bonds is 3. The van der Waals surface area contributed by atoms with Gasteiger partial charge in [0.05, 0.1) is 11.5 Å². The molecule has 2 rings (SSSR count). The quantitative estimate of drug-likeness (QED) is 0.701. The van der Waals surface area contributed by atoms with Crippen LogP contribution in [0, 0.1) is 5.92 Å². The van der Waals surface area contributed by atoms with Gasteiger partial charge in [0, 0.05) is 6.04 Å². The maximum Gasteiger partial charge on any atom is 0.306 e. The molecule has 2 fully saturated rings. The number of aliphatic carboxylic acids is 1. The summed E-state index contributed by atoms with van der Waals surface area (Å²) in [4.78, 5) is 22.9. The van der Waals surface area contributed by atoms with Crippen molar-refractivity contribution in [2.75, 3.05) is 0 Å². The third-order valence-corrected chi connectivity index (χ3v) is 4.36. The number of carboxylic acid groups (broad SMARTS) is 1. The van der Waals surface area contributed by atoms with Crippen molar-refractivity contribution in [3.8, 4) is 0 Å². The summed E-state index contributed by atoms with van der Waals surface area (Å²) in [5, 5.41) is 11.9. The zero-order chi connectivity index (χ0) is 13.2. The van der Waals surface area contributed by atoms with Crippen LogP contribution in [0.3, 0.4) is 0 Å². The Labute approximate surface area is 107 Å². The Balaban J connectivity index is 1.81. The van der Waals surface area contributed by atoms with Crippen molar-refractivity contribution in [2.45, 2.75) is 62.9 Å². The minimum absolute atomic E-state index is 0.0428. The van der Waals surface area contributed by atoms with Gasteiger partial charge in [-0.3, -0.25) is 9.59 Å². The van der Waals surface area contributed by atoms with Gasteiger partial charge >= 0.3 is 5.97 Å². The van der Waals surface area contributed by atoms with E-state index in [0.29, 0.717) is 12.8 Å². The second-order valence-corrected chi connectivity index (χ2v) is 5.72. The van der Waals surface area contributed by atoms with E-state index in [0.717, 1.165) is 38.5 Å². The highest BCUT2D eigenvalue weighted by atomic mass is 16.4. The molecule has 2 aliphatic carbocycles. The van der Waals surface area contributed by atoms with Crippen molar-refractivity contribution in [3.05, 3.63) is 0 Å². The maximum absolute atomic E-state index is 12.1. The fourth-order valence-corrected chi connectivity index (χ4v) is 3.05. The summed E-state index contributed by atoms with van der Waals surface area (Å²) in [6, 6.07) is 0.106. The van der Waals surface area contributed by atoms with Gasteiger partial charge in [-0.05, 0) is 38.5 Å². The zero-order valence-corrected chi connectivity index (χ0v) is 10.7. The number of amides is 1. The van der Waals surface area contributed by atoms with Crippen molar-refractivity contribution >= 4 is 11.9 Å². The number of carboxylic acids is 1. The highest BCUT2D eigenvalue weighted by Crippen LogP contribution is 2.29. The number of nitrogens with two attached hydrogens (primary N) is 1. The van der Waals surface area contributed by atoms with Crippen molar-refractivity contribution in [1.29, 1.82) is 0 Å². The monoisotopic (exact) mass is 254 g/mol. The molecule has 0 aromatic carbocycles. The van der Waals surface area contributed by atoms with Gasteiger partial charge in [-0.25, -0.2) is 0 Å². The van der Waals surface area contributed by atoms with E-state index in [1.807, 2.05) is 0 Å². The molecule has 0 aromatic heterocycles. The third kappa shape index (κ3) is 2.83. The summed E-state index contributed by atoms with van der Waals surface area (Å²) < 4.78 is 0. The van der Waals surface area contributed by atoms with Crippen molar-refractivity contribution < 1.29 is 14.7 Å². The third-order valence-electron chi connectivity index (χ3n) is 4.36. The molecule has 0 aliphatic heterocycles. The van der Waals surface area contributed by atoms with Crippen LogP contribution in [0.15, 0.2) is 0 Å². The molecule has 0 atom stereocenters. The highest BCUT2D eigenvalue weighted by molar-refractivity contribution is 5.86. The van der Waals surface area contributed by atoms with E-state index >= 15 is 0 Å². The number of carbonyl (C=O) groups excluding carboxylic acids is 1. The number of carbonyl (C=O) groups is 2. The molecule has 5 heteroatoms. The first kappa shape index (κ1) is 13.3. The Kier molecular flexibility index (Phi) is 3.90. The summed E-state index contributed by atoms with van der Waals surface area (Å²) in [5.41, 5.74) is 5.41. The SMILES string of the molecule is NC1(C(=O)NC2CCC(C(=O)O)CC2)CCCC1. The van der Waals surface area contributed by atoms with Crippen LogP contribution in [-0.2, 0) is 9.59 Å². The van der Waals surface area contributed by atoms with E-state index in [2.05, 4.69) is 5.32 Å². The van der Waals surface area contributed by atoms with Gasteiger partial charge in [-0.15, -0.1) is 0 Å². The van der Waals surface area contributed by atoms with Crippen LogP contribution in [0.5, 0.6) is 0 Å². The lowest BCUT2D eigenvalue weighted by atomic mass is 9.85. The van der Waals surface area contributed by atoms with E-state index < -0.39 is 11.5 Å². The van der Waals surface area contributed by atoms with Crippen molar-refractivity contribution in [3.63, 3.8) is 0 Å². The Morgan fingerprint density at radius 2 is 1.67 bits per heavy atom. The lowest BCUT2D eigenvalue weighted by Crippen LogP contribution is -2.55. The van der Waals surface area contributed by atoms with Crippen LogP contribution in [0.1, 0.15) is 51.4 Å². The molecule has 0 heterocycles. The fraction of sp³-hybridized carbons (Fsp3) is 0.846. The fourth-order valence-electron chi connectivity index (χ4n) is 3.05. The van der Waals surface area contributed by atoms with E-state index in [4.69, 9.17) is 10.8 Å². The first-order valence-electron chi connectivity index (χ1n) is 6.84. The normalized spacial score (nSPS) is 30.9. The minimum Gasteiger partial charge on any atom is -0.481 e. The second-order valence-electron chi connectivity index (χ2n) is 5.72. The minimum atomic E-state index is -0.717. The topological polar surface area (TPSA) is 92.4 Å². The summed E-state index contributed by atoms with van der Waals surface area (Å²) >= 11 is 0. The molecule has 1 amide bonds. The van der Waals surface area contributed by atoms with Crippen LogP contribution in [0.25, 0.3) is 0 Å².